The summed E-state index contributed by atoms with van der Waals surface area (Å²) in [5, 5.41) is 3.12. The predicted molar refractivity (Wildman–Crippen MR) is 77.1 cm³/mol. The Morgan fingerprint density at radius 3 is 2.37 bits per heavy atom. The van der Waals surface area contributed by atoms with Crippen molar-refractivity contribution in [2.75, 3.05) is 26.1 Å². The normalized spacial score (nSPS) is 10.3. The average molecular weight is 345 g/mol. The molecular weight excluding hydrogens is 332 g/mol. The highest BCUT2D eigenvalue weighted by molar-refractivity contribution is 9.11. The molecule has 19 heavy (non-hydrogen) atoms. The molecule has 2 rings (SSSR count). The highest BCUT2D eigenvalue weighted by atomic mass is 79.9. The first-order chi connectivity index (χ1) is 9.21. The number of halogens is 1. The van der Waals surface area contributed by atoms with Crippen LogP contribution in [-0.2, 0) is 6.42 Å². The van der Waals surface area contributed by atoms with E-state index in [0.29, 0.717) is 5.95 Å². The molecule has 0 fully saturated rings. The van der Waals surface area contributed by atoms with Gasteiger partial charge in [0.25, 0.3) is 0 Å². The van der Waals surface area contributed by atoms with Crippen LogP contribution >= 0.6 is 27.3 Å². The summed E-state index contributed by atoms with van der Waals surface area (Å²) >= 11 is 5.15. The number of aromatic nitrogens is 3. The fourth-order valence-electron chi connectivity index (χ4n) is 1.38. The van der Waals surface area contributed by atoms with Gasteiger partial charge < -0.3 is 14.8 Å². The van der Waals surface area contributed by atoms with E-state index < -0.39 is 0 Å². The van der Waals surface area contributed by atoms with Crippen molar-refractivity contribution in [2.45, 2.75) is 6.42 Å². The first-order valence-electron chi connectivity index (χ1n) is 5.53. The summed E-state index contributed by atoms with van der Waals surface area (Å²) in [7, 11) is 3.00. The molecule has 8 heteroatoms. The van der Waals surface area contributed by atoms with Crippen LogP contribution in [0.1, 0.15) is 4.88 Å². The van der Waals surface area contributed by atoms with Crippen molar-refractivity contribution in [3.05, 3.63) is 20.8 Å². The molecule has 0 aliphatic rings. The maximum absolute atomic E-state index is 4.98. The maximum atomic E-state index is 4.98. The summed E-state index contributed by atoms with van der Waals surface area (Å²) in [5.41, 5.74) is 0. The molecule has 2 aromatic heterocycles. The van der Waals surface area contributed by atoms with Crippen LogP contribution in [0.3, 0.4) is 0 Å². The fourth-order valence-corrected chi connectivity index (χ4v) is 2.87. The van der Waals surface area contributed by atoms with Crippen LogP contribution in [0.2, 0.25) is 0 Å². The van der Waals surface area contributed by atoms with Crippen molar-refractivity contribution in [2.24, 2.45) is 0 Å². The van der Waals surface area contributed by atoms with Crippen LogP contribution in [0.25, 0.3) is 0 Å². The maximum Gasteiger partial charge on any atom is 0.324 e. The minimum absolute atomic E-state index is 0.230. The zero-order valence-electron chi connectivity index (χ0n) is 10.5. The number of methoxy groups -OCH3 is 2. The summed E-state index contributed by atoms with van der Waals surface area (Å²) in [4.78, 5) is 13.4. The monoisotopic (exact) mass is 344 g/mol. The minimum Gasteiger partial charge on any atom is -0.467 e. The molecule has 6 nitrogen and oxygen atoms in total. The molecule has 0 radical (unpaired) electrons. The van der Waals surface area contributed by atoms with Crippen molar-refractivity contribution in [1.82, 2.24) is 15.0 Å². The van der Waals surface area contributed by atoms with E-state index in [1.54, 1.807) is 11.3 Å². The summed E-state index contributed by atoms with van der Waals surface area (Å²) in [6.07, 6.45) is 0.895. The molecule has 0 aliphatic heterocycles. The lowest BCUT2D eigenvalue weighted by Gasteiger charge is -2.06. The van der Waals surface area contributed by atoms with E-state index in [1.807, 2.05) is 6.07 Å². The standard InChI is InChI=1S/C11H13BrN4O2S/c1-17-10-14-9(15-11(16-10)18-2)13-6-5-7-3-4-8(12)19-7/h3-4H,5-6H2,1-2H3,(H,13,14,15,16). The molecule has 1 N–H and O–H groups in total. The summed E-state index contributed by atoms with van der Waals surface area (Å²) in [5.74, 6) is 0.444. The van der Waals surface area contributed by atoms with Gasteiger partial charge in [-0.2, -0.15) is 9.97 Å². The summed E-state index contributed by atoms with van der Waals surface area (Å²) < 4.78 is 11.1. The molecule has 0 saturated carbocycles. The number of rotatable bonds is 6. The second-order valence-corrected chi connectivity index (χ2v) is 6.06. The highest BCUT2D eigenvalue weighted by Crippen LogP contribution is 2.22. The van der Waals surface area contributed by atoms with Gasteiger partial charge in [0, 0.05) is 11.4 Å². The van der Waals surface area contributed by atoms with Crippen LogP contribution < -0.4 is 14.8 Å². The van der Waals surface area contributed by atoms with Crippen LogP contribution in [0, 0.1) is 0 Å². The molecule has 0 aliphatic carbocycles. The van der Waals surface area contributed by atoms with Crippen molar-refractivity contribution in [1.29, 1.82) is 0 Å². The molecule has 0 bridgehead atoms. The molecule has 2 heterocycles. The van der Waals surface area contributed by atoms with E-state index in [0.717, 1.165) is 16.8 Å². The lowest BCUT2D eigenvalue weighted by atomic mass is 10.3. The van der Waals surface area contributed by atoms with Crippen LogP contribution in [0.4, 0.5) is 5.95 Å². The number of nitrogens with zero attached hydrogens (tertiary/aromatic N) is 3. The summed E-state index contributed by atoms with van der Waals surface area (Å²) in [6, 6.07) is 4.58. The van der Waals surface area contributed by atoms with Crippen molar-refractivity contribution in [3.8, 4) is 12.0 Å². The van der Waals surface area contributed by atoms with E-state index >= 15 is 0 Å². The second kappa shape index (κ2) is 6.67. The first kappa shape index (κ1) is 14.0. The predicted octanol–water partition coefficient (Wildman–Crippen LogP) is 2.37. The van der Waals surface area contributed by atoms with Crippen molar-refractivity contribution < 1.29 is 9.47 Å². The van der Waals surface area contributed by atoms with E-state index in [4.69, 9.17) is 9.47 Å². The number of hydrogen-bond acceptors (Lipinski definition) is 7. The van der Waals surface area contributed by atoms with Crippen molar-refractivity contribution in [3.63, 3.8) is 0 Å². The highest BCUT2D eigenvalue weighted by Gasteiger charge is 2.06. The molecular formula is C11H13BrN4O2S. The number of anilines is 1. The molecule has 0 aromatic carbocycles. The van der Waals surface area contributed by atoms with E-state index in [2.05, 4.69) is 42.3 Å². The number of ether oxygens (including phenoxy) is 2. The lowest BCUT2D eigenvalue weighted by molar-refractivity contribution is 0.341. The third-order valence-corrected chi connectivity index (χ3v) is 3.93. The Labute approximate surface area is 123 Å². The Morgan fingerprint density at radius 2 is 1.84 bits per heavy atom. The zero-order chi connectivity index (χ0) is 13.7. The minimum atomic E-state index is 0.230. The van der Waals surface area contributed by atoms with Crippen LogP contribution in [0.15, 0.2) is 15.9 Å². The first-order valence-corrected chi connectivity index (χ1v) is 7.14. The molecule has 2 aromatic rings. The fraction of sp³-hybridized carbons (Fsp3) is 0.364. The Morgan fingerprint density at radius 1 is 1.16 bits per heavy atom. The van der Waals surface area contributed by atoms with Gasteiger partial charge >= 0.3 is 12.0 Å². The molecule has 0 spiro atoms. The Balaban J connectivity index is 1.95. The Bertz CT molecular complexity index is 527. The third kappa shape index (κ3) is 4.03. The van der Waals surface area contributed by atoms with Gasteiger partial charge in [-0.05, 0) is 34.5 Å². The topological polar surface area (TPSA) is 69.2 Å². The van der Waals surface area contributed by atoms with Gasteiger partial charge in [0.15, 0.2) is 0 Å². The molecule has 102 valence electrons. The van der Waals surface area contributed by atoms with Gasteiger partial charge in [0.05, 0.1) is 18.0 Å². The lowest BCUT2D eigenvalue weighted by Crippen LogP contribution is -2.09. The summed E-state index contributed by atoms with van der Waals surface area (Å²) in [6.45, 7) is 0.725. The van der Waals surface area contributed by atoms with Gasteiger partial charge in [-0.15, -0.1) is 16.3 Å². The Hall–Kier alpha value is -1.41. The van der Waals surface area contributed by atoms with Gasteiger partial charge in [0.1, 0.15) is 0 Å². The van der Waals surface area contributed by atoms with Crippen LogP contribution in [0.5, 0.6) is 12.0 Å². The van der Waals surface area contributed by atoms with Gasteiger partial charge in [-0.1, -0.05) is 0 Å². The van der Waals surface area contributed by atoms with Gasteiger partial charge in [0.2, 0.25) is 5.95 Å². The van der Waals surface area contributed by atoms with Gasteiger partial charge in [-0.3, -0.25) is 0 Å². The molecule has 0 unspecified atom stereocenters. The van der Waals surface area contributed by atoms with Crippen molar-refractivity contribution >= 4 is 33.2 Å². The number of thiophene rings is 1. The molecule has 0 saturated heterocycles. The Kier molecular flexibility index (Phi) is 4.92. The van der Waals surface area contributed by atoms with E-state index in [-0.39, 0.29) is 12.0 Å². The van der Waals surface area contributed by atoms with Gasteiger partial charge in [-0.25, -0.2) is 0 Å². The molecule has 0 atom stereocenters. The van der Waals surface area contributed by atoms with E-state index in [9.17, 15) is 0 Å². The molecule has 0 amide bonds. The average Bonchev–Trinajstić information content (AvgIpc) is 2.84. The third-order valence-electron chi connectivity index (χ3n) is 2.24. The number of hydrogen-bond donors (Lipinski definition) is 1. The van der Waals surface area contributed by atoms with E-state index in [1.165, 1.54) is 19.1 Å². The second-order valence-electron chi connectivity index (χ2n) is 3.52. The number of nitrogens with one attached hydrogen (secondary N) is 1. The smallest absolute Gasteiger partial charge is 0.324 e. The largest absolute Gasteiger partial charge is 0.467 e. The van der Waals surface area contributed by atoms with Crippen LogP contribution in [-0.4, -0.2) is 35.7 Å². The SMILES string of the molecule is COc1nc(NCCc2ccc(Br)s2)nc(OC)n1. The quantitative estimate of drug-likeness (QED) is 0.867. The zero-order valence-corrected chi connectivity index (χ0v) is 12.9.